The van der Waals surface area contributed by atoms with E-state index >= 15 is 0 Å². The summed E-state index contributed by atoms with van der Waals surface area (Å²) in [7, 11) is 0. The van der Waals surface area contributed by atoms with Gasteiger partial charge < -0.3 is 19.7 Å². The molecule has 9 heteroatoms. The fraction of sp³-hybridized carbons (Fsp3) is 0.478. The average Bonchev–Trinajstić information content (AvgIpc) is 3.44. The van der Waals surface area contributed by atoms with Crippen LogP contribution in [0.15, 0.2) is 38.3 Å². The molecule has 32 heavy (non-hydrogen) atoms. The van der Waals surface area contributed by atoms with Gasteiger partial charge in [0.15, 0.2) is 11.8 Å². The van der Waals surface area contributed by atoms with Crippen LogP contribution in [0, 0.1) is 0 Å². The predicted molar refractivity (Wildman–Crippen MR) is 136 cm³/mol. The van der Waals surface area contributed by atoms with Crippen LogP contribution in [0.3, 0.4) is 0 Å². The van der Waals surface area contributed by atoms with Crippen molar-refractivity contribution in [3.05, 3.63) is 52.7 Å². The molecule has 0 amide bonds. The Morgan fingerprint density at radius 2 is 1.72 bits per heavy atom. The van der Waals surface area contributed by atoms with Crippen molar-refractivity contribution in [2.45, 2.75) is 59.9 Å². The number of hydrogen-bond donors (Lipinski definition) is 2. The molecule has 0 aliphatic heterocycles. The molecule has 0 spiro atoms. The first-order valence-electron chi connectivity index (χ1n) is 11.1. The number of aromatic nitrogens is 3. The summed E-state index contributed by atoms with van der Waals surface area (Å²) < 4.78 is 10.7. The number of guanidine groups is 1. The Bertz CT molecular complexity index is 959. The maximum atomic E-state index is 5.44. The number of rotatable bonds is 10. The molecule has 0 bridgehead atoms. The van der Waals surface area contributed by atoms with Crippen molar-refractivity contribution < 1.29 is 9.05 Å². The van der Waals surface area contributed by atoms with E-state index in [4.69, 9.17) is 14.0 Å². The minimum Gasteiger partial charge on any atom is -0.361 e. The fourth-order valence-corrected chi connectivity index (χ4v) is 3.27. The predicted octanol–water partition coefficient (Wildman–Crippen LogP) is 4.33. The zero-order valence-electron chi connectivity index (χ0n) is 19.3. The summed E-state index contributed by atoms with van der Waals surface area (Å²) >= 11 is 0. The van der Waals surface area contributed by atoms with E-state index in [1.54, 1.807) is 0 Å². The largest absolute Gasteiger partial charge is 0.361 e. The molecule has 0 saturated heterocycles. The van der Waals surface area contributed by atoms with Gasteiger partial charge in [-0.2, -0.15) is 4.98 Å². The van der Waals surface area contributed by atoms with Crippen LogP contribution in [-0.2, 0) is 32.2 Å². The normalized spacial score (nSPS) is 11.3. The number of nitrogens with one attached hydrogen (secondary N) is 2. The van der Waals surface area contributed by atoms with Crippen molar-refractivity contribution in [1.82, 2.24) is 25.9 Å². The Balaban J connectivity index is 0.00000363. The second-order valence-corrected chi connectivity index (χ2v) is 7.18. The van der Waals surface area contributed by atoms with Gasteiger partial charge in [0, 0.05) is 37.1 Å². The first kappa shape index (κ1) is 25.8. The van der Waals surface area contributed by atoms with Crippen LogP contribution in [0.4, 0.5) is 0 Å². The lowest BCUT2D eigenvalue weighted by Crippen LogP contribution is -2.38. The highest BCUT2D eigenvalue weighted by atomic mass is 127. The molecule has 174 valence electrons. The van der Waals surface area contributed by atoms with E-state index in [0.717, 1.165) is 73.1 Å². The zero-order chi connectivity index (χ0) is 22.1. The van der Waals surface area contributed by atoms with Crippen LogP contribution < -0.4 is 10.6 Å². The van der Waals surface area contributed by atoms with Crippen LogP contribution in [0.5, 0.6) is 0 Å². The minimum absolute atomic E-state index is 0. The molecule has 0 radical (unpaired) electrons. The smallest absolute Gasteiger partial charge is 0.257 e. The van der Waals surface area contributed by atoms with Crippen molar-refractivity contribution in [1.29, 1.82) is 0 Å². The van der Waals surface area contributed by atoms with E-state index in [-0.39, 0.29) is 24.0 Å². The third kappa shape index (κ3) is 6.78. The van der Waals surface area contributed by atoms with Gasteiger partial charge in [-0.25, -0.2) is 4.99 Å². The van der Waals surface area contributed by atoms with Crippen LogP contribution in [0.25, 0.3) is 11.5 Å². The van der Waals surface area contributed by atoms with Crippen LogP contribution in [0.2, 0.25) is 0 Å². The molecule has 0 fully saturated rings. The molecule has 0 aliphatic carbocycles. The van der Waals surface area contributed by atoms with Crippen molar-refractivity contribution in [2.75, 3.05) is 13.1 Å². The second-order valence-electron chi connectivity index (χ2n) is 7.18. The zero-order valence-corrected chi connectivity index (χ0v) is 21.6. The third-order valence-electron chi connectivity index (χ3n) is 5.04. The van der Waals surface area contributed by atoms with Gasteiger partial charge in [0.05, 0.1) is 12.2 Å². The Morgan fingerprint density at radius 3 is 2.34 bits per heavy atom. The summed E-state index contributed by atoms with van der Waals surface area (Å²) in [5.41, 5.74) is 4.25. The first-order valence-corrected chi connectivity index (χ1v) is 11.1. The molecule has 1 aromatic carbocycles. The molecule has 2 heterocycles. The molecule has 0 atom stereocenters. The summed E-state index contributed by atoms with van der Waals surface area (Å²) in [4.78, 5) is 9.11. The number of aliphatic imine (C=N–C) groups is 1. The highest BCUT2D eigenvalue weighted by Crippen LogP contribution is 2.18. The Labute approximate surface area is 206 Å². The first-order chi connectivity index (χ1) is 15.2. The Hall–Kier alpha value is -2.43. The Morgan fingerprint density at radius 1 is 0.938 bits per heavy atom. The number of benzene rings is 1. The van der Waals surface area contributed by atoms with E-state index in [1.165, 1.54) is 5.56 Å². The molecule has 0 aliphatic rings. The SMILES string of the molecule is CCNC(=NCc1c(CC)noc1CC)NCCc1ccc(-c2nc(CC)no2)cc1.I. The van der Waals surface area contributed by atoms with Crippen molar-refractivity contribution in [2.24, 2.45) is 4.99 Å². The number of nitrogens with zero attached hydrogens (tertiary/aromatic N) is 4. The van der Waals surface area contributed by atoms with Gasteiger partial charge in [-0.15, -0.1) is 24.0 Å². The van der Waals surface area contributed by atoms with Crippen molar-refractivity contribution >= 4 is 29.9 Å². The summed E-state index contributed by atoms with van der Waals surface area (Å²) in [5, 5.41) is 14.8. The molecule has 8 nitrogen and oxygen atoms in total. The third-order valence-corrected chi connectivity index (χ3v) is 5.04. The maximum Gasteiger partial charge on any atom is 0.257 e. The molecule has 2 N–H and O–H groups in total. The lowest BCUT2D eigenvalue weighted by Gasteiger charge is -2.11. The van der Waals surface area contributed by atoms with Gasteiger partial charge in [-0.1, -0.05) is 43.2 Å². The monoisotopic (exact) mass is 552 g/mol. The molecular weight excluding hydrogens is 519 g/mol. The standard InChI is InChI=1S/C23H32N6O2.HI/c1-5-19-18(20(6-2)30-28-19)15-26-23(24-8-4)25-14-13-16-9-11-17(12-10-16)22-27-21(7-3)29-31-22;/h9-12H,5-8,13-15H2,1-4H3,(H2,24,25,26);1H. The minimum atomic E-state index is 0. The maximum absolute atomic E-state index is 5.44. The molecule has 0 saturated carbocycles. The Kier molecular flexibility index (Phi) is 10.6. The lowest BCUT2D eigenvalue weighted by molar-refractivity contribution is 0.380. The summed E-state index contributed by atoms with van der Waals surface area (Å²) in [5.74, 6) is 3.00. The number of aryl methyl sites for hydroxylation is 3. The van der Waals surface area contributed by atoms with Crippen LogP contribution in [-0.4, -0.2) is 34.3 Å². The molecule has 2 aromatic heterocycles. The van der Waals surface area contributed by atoms with Gasteiger partial charge in [-0.05, 0) is 37.5 Å². The summed E-state index contributed by atoms with van der Waals surface area (Å²) in [6.07, 6.45) is 3.31. The summed E-state index contributed by atoms with van der Waals surface area (Å²) in [6.45, 7) is 10.4. The summed E-state index contributed by atoms with van der Waals surface area (Å²) in [6, 6.07) is 8.22. The quantitative estimate of drug-likeness (QED) is 0.219. The van der Waals surface area contributed by atoms with E-state index < -0.39 is 0 Å². The number of halogens is 1. The van der Waals surface area contributed by atoms with E-state index in [0.29, 0.717) is 12.4 Å². The lowest BCUT2D eigenvalue weighted by atomic mass is 10.1. The highest BCUT2D eigenvalue weighted by molar-refractivity contribution is 14.0. The van der Waals surface area contributed by atoms with Crippen molar-refractivity contribution in [3.63, 3.8) is 0 Å². The van der Waals surface area contributed by atoms with E-state index in [9.17, 15) is 0 Å². The van der Waals surface area contributed by atoms with E-state index in [2.05, 4.69) is 58.8 Å². The molecular formula is C23H33IN6O2. The van der Waals surface area contributed by atoms with Crippen LogP contribution >= 0.6 is 24.0 Å². The van der Waals surface area contributed by atoms with Gasteiger partial charge in [0.1, 0.15) is 5.76 Å². The second kappa shape index (κ2) is 13.2. The van der Waals surface area contributed by atoms with Gasteiger partial charge >= 0.3 is 0 Å². The molecule has 3 rings (SSSR count). The fourth-order valence-electron chi connectivity index (χ4n) is 3.27. The number of hydrogen-bond acceptors (Lipinski definition) is 6. The van der Waals surface area contributed by atoms with Crippen LogP contribution in [0.1, 0.15) is 56.1 Å². The van der Waals surface area contributed by atoms with Gasteiger partial charge in [0.2, 0.25) is 0 Å². The topological polar surface area (TPSA) is 101 Å². The average molecular weight is 552 g/mol. The van der Waals surface area contributed by atoms with E-state index in [1.807, 2.05) is 19.1 Å². The van der Waals surface area contributed by atoms with Gasteiger partial charge in [0.25, 0.3) is 5.89 Å². The van der Waals surface area contributed by atoms with Crippen molar-refractivity contribution in [3.8, 4) is 11.5 Å². The highest BCUT2D eigenvalue weighted by Gasteiger charge is 2.13. The molecule has 3 aromatic rings. The van der Waals surface area contributed by atoms with Gasteiger partial charge in [-0.3, -0.25) is 0 Å². The molecule has 0 unspecified atom stereocenters.